The zero-order valence-electron chi connectivity index (χ0n) is 12.7. The minimum absolute atomic E-state index is 0.00290. The van der Waals surface area contributed by atoms with E-state index < -0.39 is 10.0 Å². The van der Waals surface area contributed by atoms with Gasteiger partial charge in [-0.3, -0.25) is 4.79 Å². The molecular weight excluding hydrogens is 304 g/mol. The molecule has 0 aromatic carbocycles. The second-order valence-corrected chi connectivity index (χ2v) is 7.00. The predicted molar refractivity (Wildman–Crippen MR) is 83.9 cm³/mol. The SMILES string of the molecule is CCCC(=O)NC1CCCN(c2ncccc2S(N)(=O)=O)C1. The van der Waals surface area contributed by atoms with Crippen molar-refractivity contribution < 1.29 is 13.2 Å². The number of carbonyl (C=O) groups excluding carboxylic acids is 1. The van der Waals surface area contributed by atoms with Gasteiger partial charge in [-0.05, 0) is 31.4 Å². The summed E-state index contributed by atoms with van der Waals surface area (Å²) in [6.07, 6.45) is 4.59. The number of sulfonamides is 1. The highest BCUT2D eigenvalue weighted by Crippen LogP contribution is 2.24. The number of amides is 1. The number of nitrogens with one attached hydrogen (secondary N) is 1. The van der Waals surface area contributed by atoms with E-state index in [0.29, 0.717) is 25.3 Å². The highest BCUT2D eigenvalue weighted by Gasteiger charge is 2.26. The molecule has 1 aliphatic rings. The normalized spacial score (nSPS) is 19.0. The fourth-order valence-corrected chi connectivity index (χ4v) is 3.36. The molecule has 1 fully saturated rings. The number of hydrogen-bond acceptors (Lipinski definition) is 5. The summed E-state index contributed by atoms with van der Waals surface area (Å²) in [6.45, 7) is 3.19. The average molecular weight is 326 g/mol. The third kappa shape index (κ3) is 4.17. The van der Waals surface area contributed by atoms with E-state index in [1.807, 2.05) is 11.8 Å². The van der Waals surface area contributed by atoms with E-state index in [-0.39, 0.29) is 16.8 Å². The first-order valence-corrected chi connectivity index (χ1v) is 8.98. The van der Waals surface area contributed by atoms with Gasteiger partial charge in [-0.1, -0.05) is 6.92 Å². The number of carbonyl (C=O) groups is 1. The number of nitrogens with two attached hydrogens (primary N) is 1. The third-order valence-corrected chi connectivity index (χ3v) is 4.55. The number of hydrogen-bond donors (Lipinski definition) is 2. The number of anilines is 1. The zero-order valence-corrected chi connectivity index (χ0v) is 13.5. The fourth-order valence-electron chi connectivity index (χ4n) is 2.66. The Balaban J connectivity index is 2.15. The number of piperidine rings is 1. The molecule has 1 atom stereocenters. The first-order valence-electron chi connectivity index (χ1n) is 7.44. The van der Waals surface area contributed by atoms with Crippen LogP contribution in [0.5, 0.6) is 0 Å². The van der Waals surface area contributed by atoms with Crippen molar-refractivity contribution in [3.63, 3.8) is 0 Å². The maximum Gasteiger partial charge on any atom is 0.241 e. The van der Waals surface area contributed by atoms with Crippen LogP contribution in [-0.2, 0) is 14.8 Å². The fraction of sp³-hybridized carbons (Fsp3) is 0.571. The van der Waals surface area contributed by atoms with Crippen LogP contribution in [-0.4, -0.2) is 38.4 Å². The summed E-state index contributed by atoms with van der Waals surface area (Å²) in [7, 11) is -3.82. The predicted octanol–water partition coefficient (Wildman–Crippen LogP) is 0.614. The summed E-state index contributed by atoms with van der Waals surface area (Å²) in [5.74, 6) is 0.390. The third-order valence-electron chi connectivity index (χ3n) is 3.62. The standard InChI is InChI=1S/C14H22N4O3S/c1-2-5-13(19)17-11-6-4-9-18(10-11)14-12(22(15,20)21)7-3-8-16-14/h3,7-8,11H,2,4-6,9-10H2,1H3,(H,17,19)(H2,15,20,21). The molecule has 1 amide bonds. The van der Waals surface area contributed by atoms with Gasteiger partial charge in [0.25, 0.3) is 0 Å². The lowest BCUT2D eigenvalue weighted by molar-refractivity contribution is -0.121. The molecule has 0 aliphatic carbocycles. The molecule has 0 spiro atoms. The van der Waals surface area contributed by atoms with Gasteiger partial charge in [-0.2, -0.15) is 0 Å². The van der Waals surface area contributed by atoms with Gasteiger partial charge in [0, 0.05) is 31.7 Å². The molecule has 2 heterocycles. The number of aromatic nitrogens is 1. The van der Waals surface area contributed by atoms with Gasteiger partial charge in [0.2, 0.25) is 15.9 Å². The minimum atomic E-state index is -3.82. The van der Waals surface area contributed by atoms with E-state index in [2.05, 4.69) is 10.3 Å². The quantitative estimate of drug-likeness (QED) is 0.825. The Morgan fingerprint density at radius 2 is 2.32 bits per heavy atom. The summed E-state index contributed by atoms with van der Waals surface area (Å²) in [5, 5.41) is 8.24. The van der Waals surface area contributed by atoms with Crippen LogP contribution in [0.25, 0.3) is 0 Å². The molecule has 0 radical (unpaired) electrons. The Morgan fingerprint density at radius 3 is 3.00 bits per heavy atom. The highest BCUT2D eigenvalue weighted by molar-refractivity contribution is 7.89. The average Bonchev–Trinajstić information content (AvgIpc) is 2.47. The Hall–Kier alpha value is -1.67. The topological polar surface area (TPSA) is 105 Å². The Bertz CT molecular complexity index is 633. The molecule has 1 aromatic heterocycles. The zero-order chi connectivity index (χ0) is 16.2. The van der Waals surface area contributed by atoms with Crippen molar-refractivity contribution in [1.82, 2.24) is 10.3 Å². The lowest BCUT2D eigenvalue weighted by Crippen LogP contribution is -2.48. The van der Waals surface area contributed by atoms with Crippen LogP contribution in [0.3, 0.4) is 0 Å². The van der Waals surface area contributed by atoms with Crippen molar-refractivity contribution in [1.29, 1.82) is 0 Å². The van der Waals surface area contributed by atoms with Gasteiger partial charge in [0.15, 0.2) is 0 Å². The molecule has 1 aromatic rings. The van der Waals surface area contributed by atoms with Crippen molar-refractivity contribution in [2.24, 2.45) is 5.14 Å². The van der Waals surface area contributed by atoms with Crippen LogP contribution in [0, 0.1) is 0 Å². The molecule has 0 bridgehead atoms. The first-order chi connectivity index (χ1) is 10.4. The van der Waals surface area contributed by atoms with E-state index >= 15 is 0 Å². The molecular formula is C14H22N4O3S. The lowest BCUT2D eigenvalue weighted by Gasteiger charge is -2.34. The number of pyridine rings is 1. The summed E-state index contributed by atoms with van der Waals surface area (Å²) >= 11 is 0. The molecule has 8 heteroatoms. The molecule has 1 saturated heterocycles. The van der Waals surface area contributed by atoms with Crippen molar-refractivity contribution >= 4 is 21.7 Å². The van der Waals surface area contributed by atoms with Crippen LogP contribution < -0.4 is 15.4 Å². The minimum Gasteiger partial charge on any atom is -0.353 e. The van der Waals surface area contributed by atoms with Gasteiger partial charge >= 0.3 is 0 Å². The van der Waals surface area contributed by atoms with Crippen LogP contribution in [0.15, 0.2) is 23.2 Å². The molecule has 2 rings (SSSR count). The molecule has 7 nitrogen and oxygen atoms in total. The van der Waals surface area contributed by atoms with Gasteiger partial charge in [-0.25, -0.2) is 18.5 Å². The molecule has 1 unspecified atom stereocenters. The van der Waals surface area contributed by atoms with Crippen LogP contribution in [0.4, 0.5) is 5.82 Å². The van der Waals surface area contributed by atoms with Gasteiger partial charge in [0.1, 0.15) is 10.7 Å². The number of primary sulfonamides is 1. The second-order valence-electron chi connectivity index (χ2n) is 5.47. The van der Waals surface area contributed by atoms with E-state index in [0.717, 1.165) is 19.3 Å². The summed E-state index contributed by atoms with van der Waals surface area (Å²) in [6, 6.07) is 3.01. The Kier molecular flexibility index (Phi) is 5.36. The molecule has 0 saturated carbocycles. The van der Waals surface area contributed by atoms with Gasteiger partial charge in [-0.15, -0.1) is 0 Å². The van der Waals surface area contributed by atoms with E-state index in [1.54, 1.807) is 12.3 Å². The van der Waals surface area contributed by atoms with Crippen LogP contribution >= 0.6 is 0 Å². The maximum atomic E-state index is 11.7. The Labute approximate surface area is 131 Å². The van der Waals surface area contributed by atoms with Crippen LogP contribution in [0.2, 0.25) is 0 Å². The molecule has 3 N–H and O–H groups in total. The summed E-state index contributed by atoms with van der Waals surface area (Å²) in [5.41, 5.74) is 0. The van der Waals surface area contributed by atoms with Crippen molar-refractivity contribution in [3.05, 3.63) is 18.3 Å². The van der Waals surface area contributed by atoms with E-state index in [1.165, 1.54) is 6.07 Å². The Morgan fingerprint density at radius 1 is 1.55 bits per heavy atom. The van der Waals surface area contributed by atoms with Gasteiger partial charge in [0.05, 0.1) is 0 Å². The molecule has 1 aliphatic heterocycles. The second kappa shape index (κ2) is 7.06. The summed E-state index contributed by atoms with van der Waals surface area (Å²) < 4.78 is 23.4. The highest BCUT2D eigenvalue weighted by atomic mass is 32.2. The van der Waals surface area contributed by atoms with Gasteiger partial charge < -0.3 is 10.2 Å². The van der Waals surface area contributed by atoms with E-state index in [9.17, 15) is 13.2 Å². The van der Waals surface area contributed by atoms with Crippen molar-refractivity contribution in [3.8, 4) is 0 Å². The van der Waals surface area contributed by atoms with Crippen molar-refractivity contribution in [2.45, 2.75) is 43.5 Å². The first kappa shape index (κ1) is 16.7. The number of rotatable bonds is 5. The van der Waals surface area contributed by atoms with E-state index in [4.69, 9.17) is 5.14 Å². The summed E-state index contributed by atoms with van der Waals surface area (Å²) in [4.78, 5) is 17.8. The maximum absolute atomic E-state index is 11.7. The monoisotopic (exact) mass is 326 g/mol. The molecule has 122 valence electrons. The lowest BCUT2D eigenvalue weighted by atomic mass is 10.1. The smallest absolute Gasteiger partial charge is 0.241 e. The van der Waals surface area contributed by atoms with Crippen LogP contribution in [0.1, 0.15) is 32.6 Å². The van der Waals surface area contributed by atoms with Crippen molar-refractivity contribution in [2.75, 3.05) is 18.0 Å². The largest absolute Gasteiger partial charge is 0.353 e. The number of nitrogens with zero attached hydrogens (tertiary/aromatic N) is 2. The molecule has 22 heavy (non-hydrogen) atoms.